The van der Waals surface area contributed by atoms with E-state index in [-0.39, 0.29) is 6.54 Å². The van der Waals surface area contributed by atoms with Crippen LogP contribution >= 0.6 is 11.8 Å². The van der Waals surface area contributed by atoms with E-state index in [9.17, 15) is 14.4 Å². The summed E-state index contributed by atoms with van der Waals surface area (Å²) >= 11 is 0.849. The Balaban J connectivity index is 1.40. The van der Waals surface area contributed by atoms with Gasteiger partial charge in [0.05, 0.1) is 18.1 Å². The molecule has 0 saturated carbocycles. The second-order valence-corrected chi connectivity index (χ2v) is 7.87. The first-order valence-corrected chi connectivity index (χ1v) is 10.4. The number of thioether (sulfide) groups is 1. The summed E-state index contributed by atoms with van der Waals surface area (Å²) in [6, 6.07) is 16.7. The van der Waals surface area contributed by atoms with Crippen molar-refractivity contribution in [1.82, 2.24) is 4.90 Å². The minimum atomic E-state index is -0.453. The lowest BCUT2D eigenvalue weighted by Crippen LogP contribution is -2.36. The molecule has 0 atom stereocenters. The molecule has 0 aromatic heterocycles. The van der Waals surface area contributed by atoms with Gasteiger partial charge < -0.3 is 15.0 Å². The van der Waals surface area contributed by atoms with Crippen molar-refractivity contribution in [2.75, 3.05) is 43.1 Å². The van der Waals surface area contributed by atoms with Crippen LogP contribution in [0.15, 0.2) is 59.5 Å². The van der Waals surface area contributed by atoms with Crippen molar-refractivity contribution in [3.05, 3.63) is 65.1 Å². The van der Waals surface area contributed by atoms with Crippen LogP contribution in [-0.4, -0.2) is 54.8 Å². The SMILES string of the molecule is O=C(CN1C(=O)S/C(=C/c2ccc(N3CCOCC3)cc2)C1=O)Nc1ccccc1. The molecule has 2 aliphatic heterocycles. The van der Waals surface area contributed by atoms with Gasteiger partial charge in [0.1, 0.15) is 6.54 Å². The van der Waals surface area contributed by atoms with E-state index >= 15 is 0 Å². The quantitative estimate of drug-likeness (QED) is 0.744. The Labute approximate surface area is 178 Å². The summed E-state index contributed by atoms with van der Waals surface area (Å²) in [5, 5.41) is 2.24. The Morgan fingerprint density at radius 3 is 2.43 bits per heavy atom. The maximum atomic E-state index is 12.6. The molecular weight excluding hydrogens is 402 g/mol. The molecule has 1 N–H and O–H groups in total. The Morgan fingerprint density at radius 1 is 1.03 bits per heavy atom. The molecule has 30 heavy (non-hydrogen) atoms. The molecule has 2 aromatic rings. The molecule has 2 aromatic carbocycles. The number of carbonyl (C=O) groups excluding carboxylic acids is 3. The molecule has 7 nitrogen and oxygen atoms in total. The number of carbonyl (C=O) groups is 3. The zero-order valence-electron chi connectivity index (χ0n) is 16.2. The second-order valence-electron chi connectivity index (χ2n) is 6.87. The molecule has 0 radical (unpaired) electrons. The highest BCUT2D eigenvalue weighted by Crippen LogP contribution is 2.32. The predicted octanol–water partition coefficient (Wildman–Crippen LogP) is 3.20. The topological polar surface area (TPSA) is 79.0 Å². The normalized spacial score (nSPS) is 18.2. The molecule has 8 heteroatoms. The van der Waals surface area contributed by atoms with Crippen LogP contribution in [0.2, 0.25) is 0 Å². The summed E-state index contributed by atoms with van der Waals surface area (Å²) in [6.45, 7) is 2.82. The van der Waals surface area contributed by atoms with Gasteiger partial charge in [-0.2, -0.15) is 0 Å². The Bertz CT molecular complexity index is 970. The van der Waals surface area contributed by atoms with Crippen LogP contribution in [0.3, 0.4) is 0 Å². The number of morpholine rings is 1. The zero-order valence-corrected chi connectivity index (χ0v) is 17.1. The van der Waals surface area contributed by atoms with Crippen LogP contribution < -0.4 is 10.2 Å². The summed E-state index contributed by atoms with van der Waals surface area (Å²) in [7, 11) is 0. The summed E-state index contributed by atoms with van der Waals surface area (Å²) in [5.74, 6) is -0.870. The van der Waals surface area contributed by atoms with Gasteiger partial charge in [-0.25, -0.2) is 0 Å². The van der Waals surface area contributed by atoms with Crippen molar-refractivity contribution in [3.8, 4) is 0 Å². The third kappa shape index (κ3) is 4.72. The monoisotopic (exact) mass is 423 g/mol. The molecular formula is C22H21N3O4S. The molecule has 3 amide bonds. The van der Waals surface area contributed by atoms with E-state index in [2.05, 4.69) is 10.2 Å². The van der Waals surface area contributed by atoms with Crippen LogP contribution in [0.5, 0.6) is 0 Å². The second kappa shape index (κ2) is 9.15. The van der Waals surface area contributed by atoms with Crippen molar-refractivity contribution in [2.45, 2.75) is 0 Å². The molecule has 2 aliphatic rings. The van der Waals surface area contributed by atoms with Gasteiger partial charge in [0.25, 0.3) is 11.1 Å². The average molecular weight is 423 g/mol. The molecule has 0 spiro atoms. The van der Waals surface area contributed by atoms with Crippen LogP contribution in [0.1, 0.15) is 5.56 Å². The largest absolute Gasteiger partial charge is 0.378 e. The van der Waals surface area contributed by atoms with Gasteiger partial charge in [-0.1, -0.05) is 30.3 Å². The van der Waals surface area contributed by atoms with Crippen LogP contribution in [-0.2, 0) is 14.3 Å². The Morgan fingerprint density at radius 2 is 1.73 bits per heavy atom. The standard InChI is InChI=1S/C22H21N3O4S/c26-20(23-17-4-2-1-3-5-17)15-25-21(27)19(30-22(25)28)14-16-6-8-18(9-7-16)24-10-12-29-13-11-24/h1-9,14H,10-13,15H2,(H,23,26)/b19-14+. The van der Waals surface area contributed by atoms with Crippen molar-refractivity contribution >= 4 is 46.3 Å². The molecule has 154 valence electrons. The van der Waals surface area contributed by atoms with Crippen molar-refractivity contribution in [1.29, 1.82) is 0 Å². The van der Waals surface area contributed by atoms with Gasteiger partial charge in [-0.3, -0.25) is 19.3 Å². The number of amides is 3. The summed E-state index contributed by atoms with van der Waals surface area (Å²) in [6.07, 6.45) is 1.68. The number of benzene rings is 2. The Hall–Kier alpha value is -3.10. The highest BCUT2D eigenvalue weighted by atomic mass is 32.2. The van der Waals surface area contributed by atoms with E-state index in [0.29, 0.717) is 23.8 Å². The van der Waals surface area contributed by atoms with Crippen LogP contribution in [0, 0.1) is 0 Å². The van der Waals surface area contributed by atoms with Crippen LogP contribution in [0.25, 0.3) is 6.08 Å². The number of para-hydroxylation sites is 1. The third-order valence-corrected chi connectivity index (χ3v) is 5.71. The minimum Gasteiger partial charge on any atom is -0.378 e. The molecule has 2 fully saturated rings. The van der Waals surface area contributed by atoms with Gasteiger partial charge in [0, 0.05) is 24.5 Å². The first-order valence-electron chi connectivity index (χ1n) is 9.63. The van der Waals surface area contributed by atoms with Gasteiger partial charge >= 0.3 is 0 Å². The number of hydrogen-bond acceptors (Lipinski definition) is 6. The lowest BCUT2D eigenvalue weighted by molar-refractivity contribution is -0.127. The number of nitrogens with zero attached hydrogens (tertiary/aromatic N) is 2. The maximum Gasteiger partial charge on any atom is 0.294 e. The lowest BCUT2D eigenvalue weighted by Gasteiger charge is -2.28. The molecule has 0 unspecified atom stereocenters. The fraction of sp³-hybridized carbons (Fsp3) is 0.227. The average Bonchev–Trinajstić information content (AvgIpc) is 3.03. The number of rotatable bonds is 5. The van der Waals surface area contributed by atoms with E-state index in [1.165, 1.54) is 0 Å². The fourth-order valence-electron chi connectivity index (χ4n) is 3.26. The highest BCUT2D eigenvalue weighted by molar-refractivity contribution is 8.18. The number of anilines is 2. The minimum absolute atomic E-state index is 0.312. The number of imide groups is 1. The fourth-order valence-corrected chi connectivity index (χ4v) is 4.09. The summed E-state index contributed by atoms with van der Waals surface area (Å²) in [4.78, 5) is 40.6. The molecule has 2 saturated heterocycles. The smallest absolute Gasteiger partial charge is 0.294 e. The number of hydrogen-bond donors (Lipinski definition) is 1. The van der Waals surface area contributed by atoms with E-state index in [0.717, 1.165) is 41.0 Å². The van der Waals surface area contributed by atoms with E-state index in [4.69, 9.17) is 4.74 Å². The Kier molecular flexibility index (Phi) is 6.15. The van der Waals surface area contributed by atoms with E-state index in [1.807, 2.05) is 30.3 Å². The highest BCUT2D eigenvalue weighted by Gasteiger charge is 2.36. The van der Waals surface area contributed by atoms with Crippen molar-refractivity contribution < 1.29 is 19.1 Å². The van der Waals surface area contributed by atoms with Crippen molar-refractivity contribution in [3.63, 3.8) is 0 Å². The zero-order chi connectivity index (χ0) is 20.9. The van der Waals surface area contributed by atoms with Gasteiger partial charge in [-0.05, 0) is 47.7 Å². The molecule has 0 aliphatic carbocycles. The molecule has 4 rings (SSSR count). The predicted molar refractivity (Wildman–Crippen MR) is 117 cm³/mol. The van der Waals surface area contributed by atoms with Gasteiger partial charge in [0.2, 0.25) is 5.91 Å². The van der Waals surface area contributed by atoms with Crippen molar-refractivity contribution in [2.24, 2.45) is 0 Å². The third-order valence-electron chi connectivity index (χ3n) is 4.80. The van der Waals surface area contributed by atoms with Crippen LogP contribution in [0.4, 0.5) is 16.2 Å². The molecule has 2 heterocycles. The van der Waals surface area contributed by atoms with E-state index < -0.39 is 17.1 Å². The summed E-state index contributed by atoms with van der Waals surface area (Å²) < 4.78 is 5.37. The maximum absolute atomic E-state index is 12.6. The van der Waals surface area contributed by atoms with Gasteiger partial charge in [-0.15, -0.1) is 0 Å². The number of nitrogens with one attached hydrogen (secondary N) is 1. The molecule has 0 bridgehead atoms. The first kappa shape index (κ1) is 20.2. The number of ether oxygens (including phenoxy) is 1. The van der Waals surface area contributed by atoms with E-state index in [1.54, 1.807) is 30.3 Å². The summed E-state index contributed by atoms with van der Waals surface area (Å²) in [5.41, 5.74) is 2.54. The lowest BCUT2D eigenvalue weighted by atomic mass is 10.1. The first-order chi connectivity index (χ1) is 14.6. The van der Waals surface area contributed by atoms with Gasteiger partial charge in [0.15, 0.2) is 0 Å².